The molecule has 0 bridgehead atoms. The molecule has 1 N–H and O–H groups in total. The first kappa shape index (κ1) is 31.5. The molecular formula is C35H35ClF2N2O4S. The lowest BCUT2D eigenvalue weighted by Crippen LogP contribution is -2.56. The molecule has 1 atom stereocenters. The molecule has 6 rings (SSSR count). The third-order valence-electron chi connectivity index (χ3n) is 8.70. The summed E-state index contributed by atoms with van der Waals surface area (Å²) in [5.41, 5.74) is 0.995. The van der Waals surface area contributed by atoms with Crippen LogP contribution in [-0.2, 0) is 20.7 Å². The van der Waals surface area contributed by atoms with Crippen LogP contribution in [0, 0.1) is 0 Å². The van der Waals surface area contributed by atoms with Crippen LogP contribution in [0.4, 0.5) is 8.78 Å². The highest BCUT2D eigenvalue weighted by molar-refractivity contribution is 7.89. The van der Waals surface area contributed by atoms with E-state index in [2.05, 4.69) is 4.72 Å². The summed E-state index contributed by atoms with van der Waals surface area (Å²) in [7, 11) is -4.53. The molecule has 10 heteroatoms. The number of sulfonamides is 1. The molecule has 1 aliphatic carbocycles. The topological polar surface area (TPSA) is 75.7 Å². The van der Waals surface area contributed by atoms with E-state index >= 15 is 8.78 Å². The van der Waals surface area contributed by atoms with E-state index < -0.39 is 33.5 Å². The Labute approximate surface area is 267 Å². The fourth-order valence-corrected chi connectivity index (χ4v) is 7.48. The zero-order chi connectivity index (χ0) is 31.6. The number of fused-ring (bicyclic) bond motifs is 1. The summed E-state index contributed by atoms with van der Waals surface area (Å²) in [6.45, 7) is 0.591. The summed E-state index contributed by atoms with van der Waals surface area (Å²) in [6.07, 6.45) is 6.70. The number of carbonyl (C=O) groups excluding carboxylic acids is 1. The van der Waals surface area contributed by atoms with Gasteiger partial charge in [0.25, 0.3) is 5.92 Å². The van der Waals surface area contributed by atoms with Crippen LogP contribution < -0.4 is 9.46 Å². The molecule has 1 saturated carbocycles. The van der Waals surface area contributed by atoms with E-state index in [0.29, 0.717) is 47.7 Å². The maximum absolute atomic E-state index is 16.3. The number of piperidine rings is 1. The van der Waals surface area contributed by atoms with Crippen molar-refractivity contribution >= 4 is 38.3 Å². The molecule has 45 heavy (non-hydrogen) atoms. The Balaban J connectivity index is 1.28. The minimum Gasteiger partial charge on any atom is -0.490 e. The SMILES string of the molecule is O=C([C@H](NS(=O)(=O)c1ccc2cc(OC3CCCC3)ccc2c1)C(F)(F)c1ccc(-c2ccc(Cl)cc2)cc1)N1CCCCC1. The van der Waals surface area contributed by atoms with E-state index in [0.717, 1.165) is 43.1 Å². The van der Waals surface area contributed by atoms with Gasteiger partial charge >= 0.3 is 0 Å². The lowest BCUT2D eigenvalue weighted by atomic mass is 9.96. The van der Waals surface area contributed by atoms with Crippen LogP contribution in [0.25, 0.3) is 21.9 Å². The summed E-state index contributed by atoms with van der Waals surface area (Å²) in [5.74, 6) is -4.08. The van der Waals surface area contributed by atoms with Crippen molar-refractivity contribution in [3.8, 4) is 16.9 Å². The van der Waals surface area contributed by atoms with E-state index in [-0.39, 0.29) is 11.0 Å². The molecular weight excluding hydrogens is 618 g/mol. The minimum absolute atomic E-state index is 0.177. The molecule has 1 amide bonds. The van der Waals surface area contributed by atoms with Crippen molar-refractivity contribution in [2.75, 3.05) is 13.1 Å². The van der Waals surface area contributed by atoms with Gasteiger partial charge in [0.15, 0.2) is 6.04 Å². The zero-order valence-corrected chi connectivity index (χ0v) is 26.3. The number of amides is 1. The minimum atomic E-state index is -4.53. The van der Waals surface area contributed by atoms with Gasteiger partial charge in [0.1, 0.15) is 5.75 Å². The van der Waals surface area contributed by atoms with Gasteiger partial charge in [-0.3, -0.25) is 4.79 Å². The van der Waals surface area contributed by atoms with Crippen LogP contribution in [-0.4, -0.2) is 44.5 Å². The second-order valence-electron chi connectivity index (χ2n) is 11.8. The third kappa shape index (κ3) is 7.00. The van der Waals surface area contributed by atoms with Crippen LogP contribution in [0.5, 0.6) is 5.75 Å². The number of hydrogen-bond donors (Lipinski definition) is 1. The summed E-state index contributed by atoms with van der Waals surface area (Å²) in [6, 6.07) is 20.0. The molecule has 4 aromatic rings. The molecule has 2 aliphatic rings. The van der Waals surface area contributed by atoms with Crippen molar-refractivity contribution in [1.29, 1.82) is 0 Å². The van der Waals surface area contributed by atoms with E-state index in [1.807, 2.05) is 6.07 Å². The Morgan fingerprint density at radius 3 is 2.09 bits per heavy atom. The van der Waals surface area contributed by atoms with Gasteiger partial charge in [0, 0.05) is 23.7 Å². The number of rotatable bonds is 9. The van der Waals surface area contributed by atoms with Gasteiger partial charge in [-0.25, -0.2) is 8.42 Å². The van der Waals surface area contributed by atoms with Crippen LogP contribution in [0.3, 0.4) is 0 Å². The smallest absolute Gasteiger partial charge is 0.298 e. The molecule has 0 radical (unpaired) electrons. The van der Waals surface area contributed by atoms with Gasteiger partial charge < -0.3 is 9.64 Å². The van der Waals surface area contributed by atoms with Gasteiger partial charge in [-0.05, 0) is 103 Å². The predicted molar refractivity (Wildman–Crippen MR) is 172 cm³/mol. The van der Waals surface area contributed by atoms with E-state index in [9.17, 15) is 13.2 Å². The highest BCUT2D eigenvalue weighted by Crippen LogP contribution is 2.36. The second-order valence-corrected chi connectivity index (χ2v) is 14.0. The highest BCUT2D eigenvalue weighted by Gasteiger charge is 2.49. The number of hydrogen-bond acceptors (Lipinski definition) is 4. The van der Waals surface area contributed by atoms with Crippen molar-refractivity contribution < 1.29 is 26.7 Å². The highest BCUT2D eigenvalue weighted by atomic mass is 35.5. The Morgan fingerprint density at radius 1 is 0.822 bits per heavy atom. The summed E-state index contributed by atoms with van der Waals surface area (Å²) in [4.78, 5) is 14.8. The van der Waals surface area contributed by atoms with Gasteiger partial charge in [0.2, 0.25) is 15.9 Å². The van der Waals surface area contributed by atoms with Crippen molar-refractivity contribution in [3.05, 3.63) is 95.5 Å². The monoisotopic (exact) mass is 652 g/mol. The first-order valence-corrected chi connectivity index (χ1v) is 17.2. The second kappa shape index (κ2) is 13.1. The molecule has 1 saturated heterocycles. The third-order valence-corrected chi connectivity index (χ3v) is 10.4. The van der Waals surface area contributed by atoms with Crippen LogP contribution in [0.1, 0.15) is 50.5 Å². The van der Waals surface area contributed by atoms with E-state index in [1.165, 1.54) is 41.3 Å². The van der Waals surface area contributed by atoms with E-state index in [4.69, 9.17) is 16.3 Å². The number of likely N-dealkylation sites (tertiary alicyclic amines) is 1. The maximum atomic E-state index is 16.3. The lowest BCUT2D eigenvalue weighted by molar-refractivity contribution is -0.145. The average Bonchev–Trinajstić information content (AvgIpc) is 3.57. The van der Waals surface area contributed by atoms with Crippen LogP contribution >= 0.6 is 11.6 Å². The molecule has 6 nitrogen and oxygen atoms in total. The fraction of sp³-hybridized carbons (Fsp3) is 0.343. The lowest BCUT2D eigenvalue weighted by Gasteiger charge is -2.34. The number of nitrogens with one attached hydrogen (secondary N) is 1. The molecule has 2 fully saturated rings. The van der Waals surface area contributed by atoms with Crippen molar-refractivity contribution in [1.82, 2.24) is 9.62 Å². The van der Waals surface area contributed by atoms with Gasteiger partial charge in [0.05, 0.1) is 11.0 Å². The molecule has 4 aromatic carbocycles. The number of alkyl halides is 2. The molecule has 0 spiro atoms. The zero-order valence-electron chi connectivity index (χ0n) is 24.7. The van der Waals surface area contributed by atoms with Crippen molar-refractivity contribution in [3.63, 3.8) is 0 Å². The Hall–Kier alpha value is -3.53. The van der Waals surface area contributed by atoms with Crippen LogP contribution in [0.2, 0.25) is 5.02 Å². The normalized spacial score (nSPS) is 17.0. The molecule has 0 unspecified atom stereocenters. The van der Waals surface area contributed by atoms with Crippen molar-refractivity contribution in [2.45, 2.75) is 67.9 Å². The Bertz CT molecular complexity index is 1770. The van der Waals surface area contributed by atoms with Gasteiger partial charge in [-0.15, -0.1) is 0 Å². The first-order chi connectivity index (χ1) is 21.6. The Morgan fingerprint density at radius 2 is 1.42 bits per heavy atom. The summed E-state index contributed by atoms with van der Waals surface area (Å²) in [5, 5.41) is 1.93. The van der Waals surface area contributed by atoms with Gasteiger partial charge in [-0.2, -0.15) is 13.5 Å². The summed E-state index contributed by atoms with van der Waals surface area (Å²) >= 11 is 5.98. The molecule has 0 aromatic heterocycles. The number of carbonyl (C=O) groups is 1. The largest absolute Gasteiger partial charge is 0.490 e. The maximum Gasteiger partial charge on any atom is 0.298 e. The number of halogens is 3. The number of ether oxygens (including phenoxy) is 1. The number of nitrogens with zero attached hydrogens (tertiary/aromatic N) is 1. The molecule has 236 valence electrons. The standard InChI is InChI=1S/C35H35ClF2N2O4S/c36-29-16-10-25(11-17-29)24-8-14-28(15-9-24)35(37,38)33(34(41)40-20-4-1-5-21-40)39-45(42,43)32-19-13-26-22-31(18-12-27(26)23-32)44-30-6-2-3-7-30/h8-19,22-23,30,33,39H,1-7,20-21H2/t33-/m0/s1. The predicted octanol–water partition coefficient (Wildman–Crippen LogP) is 7.93. The quantitative estimate of drug-likeness (QED) is 0.199. The first-order valence-electron chi connectivity index (χ1n) is 15.4. The van der Waals surface area contributed by atoms with E-state index in [1.54, 1.807) is 42.5 Å². The van der Waals surface area contributed by atoms with Crippen molar-refractivity contribution in [2.24, 2.45) is 0 Å². The Kier molecular flexibility index (Phi) is 9.13. The summed E-state index contributed by atoms with van der Waals surface area (Å²) < 4.78 is 68.2. The van der Waals surface area contributed by atoms with Gasteiger partial charge in [-0.1, -0.05) is 60.1 Å². The molecule has 1 heterocycles. The average molecular weight is 653 g/mol. The molecule has 1 aliphatic heterocycles. The van der Waals surface area contributed by atoms with Crippen LogP contribution in [0.15, 0.2) is 89.8 Å². The number of benzene rings is 4. The fourth-order valence-electron chi connectivity index (χ4n) is 6.13.